The summed E-state index contributed by atoms with van der Waals surface area (Å²) in [6, 6.07) is 12.7. The molecule has 0 aliphatic carbocycles. The van der Waals surface area contributed by atoms with Crippen LogP contribution in [-0.2, 0) is 16.0 Å². The van der Waals surface area contributed by atoms with Crippen LogP contribution < -0.4 is 10.2 Å². The van der Waals surface area contributed by atoms with Crippen molar-refractivity contribution in [1.82, 2.24) is 4.90 Å². The molecule has 2 amide bonds. The van der Waals surface area contributed by atoms with Gasteiger partial charge in [0, 0.05) is 37.1 Å². The van der Waals surface area contributed by atoms with Gasteiger partial charge in [0.15, 0.2) is 0 Å². The highest BCUT2D eigenvalue weighted by molar-refractivity contribution is 6.34. The first-order valence-electron chi connectivity index (χ1n) is 9.71. The first-order chi connectivity index (χ1) is 13.8. The van der Waals surface area contributed by atoms with Gasteiger partial charge in [0.05, 0.1) is 22.8 Å². The molecule has 1 saturated heterocycles. The number of carbonyl (C=O) groups excluding carboxylic acids is 2. The van der Waals surface area contributed by atoms with Gasteiger partial charge >= 0.3 is 0 Å². The zero-order valence-corrected chi connectivity index (χ0v) is 18.1. The van der Waals surface area contributed by atoms with Crippen LogP contribution >= 0.6 is 23.2 Å². The minimum atomic E-state index is -0.121. The van der Waals surface area contributed by atoms with E-state index >= 15 is 0 Å². The lowest BCUT2D eigenvalue weighted by molar-refractivity contribution is -0.134. The van der Waals surface area contributed by atoms with E-state index in [4.69, 9.17) is 23.2 Å². The van der Waals surface area contributed by atoms with Gasteiger partial charge in [0.2, 0.25) is 11.8 Å². The van der Waals surface area contributed by atoms with E-state index in [1.54, 1.807) is 12.1 Å². The van der Waals surface area contributed by atoms with E-state index in [1.165, 1.54) is 0 Å². The summed E-state index contributed by atoms with van der Waals surface area (Å²) < 4.78 is 0. The summed E-state index contributed by atoms with van der Waals surface area (Å²) >= 11 is 12.4. The van der Waals surface area contributed by atoms with Gasteiger partial charge in [0.1, 0.15) is 0 Å². The van der Waals surface area contributed by atoms with Crippen molar-refractivity contribution in [2.24, 2.45) is 5.92 Å². The van der Waals surface area contributed by atoms with Crippen LogP contribution in [-0.4, -0.2) is 42.9 Å². The van der Waals surface area contributed by atoms with E-state index in [9.17, 15) is 9.59 Å². The Bertz CT molecular complexity index is 876. The Balaban J connectivity index is 1.70. The van der Waals surface area contributed by atoms with E-state index < -0.39 is 0 Å². The van der Waals surface area contributed by atoms with E-state index in [-0.39, 0.29) is 24.2 Å². The second kappa shape index (κ2) is 9.51. The van der Waals surface area contributed by atoms with Gasteiger partial charge in [-0.3, -0.25) is 9.59 Å². The van der Waals surface area contributed by atoms with Gasteiger partial charge < -0.3 is 15.1 Å². The Hall–Kier alpha value is -2.24. The van der Waals surface area contributed by atoms with Gasteiger partial charge in [-0.05, 0) is 29.8 Å². The SMILES string of the molecule is CC(C)C(=O)N1CCN(c2c(Cl)cccc2NC(=O)Cc2ccc(Cl)cc2)CC1. The number of anilines is 2. The molecule has 1 fully saturated rings. The largest absolute Gasteiger partial charge is 0.365 e. The molecule has 1 aliphatic rings. The van der Waals surface area contributed by atoms with Crippen molar-refractivity contribution in [2.45, 2.75) is 20.3 Å². The van der Waals surface area contributed by atoms with Gasteiger partial charge in [-0.2, -0.15) is 0 Å². The second-order valence-corrected chi connectivity index (χ2v) is 8.30. The molecule has 29 heavy (non-hydrogen) atoms. The normalized spacial score (nSPS) is 14.2. The zero-order chi connectivity index (χ0) is 21.0. The first-order valence-corrected chi connectivity index (χ1v) is 10.5. The van der Waals surface area contributed by atoms with Gasteiger partial charge in [-0.1, -0.05) is 55.2 Å². The lowest BCUT2D eigenvalue weighted by Crippen LogP contribution is -2.50. The molecule has 1 heterocycles. The Morgan fingerprint density at radius 2 is 1.66 bits per heavy atom. The number of halogens is 2. The van der Waals surface area contributed by atoms with E-state index in [0.29, 0.717) is 41.9 Å². The average molecular weight is 434 g/mol. The van der Waals surface area contributed by atoms with Gasteiger partial charge in [-0.15, -0.1) is 0 Å². The van der Waals surface area contributed by atoms with Crippen molar-refractivity contribution in [3.05, 3.63) is 58.1 Å². The van der Waals surface area contributed by atoms with E-state index in [0.717, 1.165) is 11.3 Å². The zero-order valence-electron chi connectivity index (χ0n) is 16.6. The topological polar surface area (TPSA) is 52.7 Å². The fourth-order valence-corrected chi connectivity index (χ4v) is 3.86. The van der Waals surface area contributed by atoms with Gasteiger partial charge in [0.25, 0.3) is 0 Å². The van der Waals surface area contributed by atoms with Crippen molar-refractivity contribution in [2.75, 3.05) is 36.4 Å². The summed E-state index contributed by atoms with van der Waals surface area (Å²) in [6.07, 6.45) is 0.250. The molecule has 2 aromatic rings. The minimum absolute atomic E-state index is 0.00965. The number of rotatable bonds is 5. The molecule has 1 aliphatic heterocycles. The maximum absolute atomic E-state index is 12.6. The molecule has 0 bridgehead atoms. The standard InChI is InChI=1S/C22H25Cl2N3O2/c1-15(2)22(29)27-12-10-26(11-13-27)21-18(24)4-3-5-19(21)25-20(28)14-16-6-8-17(23)9-7-16/h3-9,15H,10-14H2,1-2H3,(H,25,28). The van der Waals surface area contributed by atoms with Crippen LogP contribution in [0.15, 0.2) is 42.5 Å². The Morgan fingerprint density at radius 1 is 1.00 bits per heavy atom. The summed E-state index contributed by atoms with van der Waals surface area (Å²) in [7, 11) is 0. The molecular weight excluding hydrogens is 409 g/mol. The molecular formula is C22H25Cl2N3O2. The molecule has 0 spiro atoms. The van der Waals surface area contributed by atoms with Crippen LogP contribution in [0.5, 0.6) is 0 Å². The number of para-hydroxylation sites is 1. The highest BCUT2D eigenvalue weighted by Gasteiger charge is 2.25. The van der Waals surface area contributed by atoms with Crippen LogP contribution in [0.3, 0.4) is 0 Å². The Morgan fingerprint density at radius 3 is 2.28 bits per heavy atom. The van der Waals surface area contributed by atoms with Crippen molar-refractivity contribution < 1.29 is 9.59 Å². The summed E-state index contributed by atoms with van der Waals surface area (Å²) in [4.78, 5) is 28.8. The third kappa shape index (κ3) is 5.43. The molecule has 0 unspecified atom stereocenters. The molecule has 154 valence electrons. The average Bonchev–Trinajstić information content (AvgIpc) is 2.69. The number of amides is 2. The second-order valence-electron chi connectivity index (χ2n) is 7.45. The minimum Gasteiger partial charge on any atom is -0.365 e. The van der Waals surface area contributed by atoms with E-state index in [1.807, 2.05) is 49.1 Å². The van der Waals surface area contributed by atoms with Crippen molar-refractivity contribution in [3.8, 4) is 0 Å². The predicted octanol–water partition coefficient (Wildman–Crippen LogP) is 4.48. The summed E-state index contributed by atoms with van der Waals surface area (Å²) in [5.41, 5.74) is 2.37. The lowest BCUT2D eigenvalue weighted by atomic mass is 10.1. The predicted molar refractivity (Wildman–Crippen MR) is 119 cm³/mol. The molecule has 0 atom stereocenters. The molecule has 0 aromatic heterocycles. The maximum Gasteiger partial charge on any atom is 0.228 e. The highest BCUT2D eigenvalue weighted by Crippen LogP contribution is 2.34. The number of hydrogen-bond acceptors (Lipinski definition) is 3. The quantitative estimate of drug-likeness (QED) is 0.755. The third-order valence-corrected chi connectivity index (χ3v) is 5.50. The van der Waals surface area contributed by atoms with Crippen LogP contribution in [0.25, 0.3) is 0 Å². The fourth-order valence-electron chi connectivity index (χ4n) is 3.44. The number of hydrogen-bond donors (Lipinski definition) is 1. The molecule has 5 nitrogen and oxygen atoms in total. The molecule has 0 radical (unpaired) electrons. The summed E-state index contributed by atoms with van der Waals surface area (Å²) in [5.74, 6) is 0.0364. The van der Waals surface area contributed by atoms with E-state index in [2.05, 4.69) is 10.2 Å². The number of carbonyl (C=O) groups is 2. The molecule has 2 aromatic carbocycles. The highest BCUT2D eigenvalue weighted by atomic mass is 35.5. The van der Waals surface area contributed by atoms with Gasteiger partial charge in [-0.25, -0.2) is 0 Å². The number of benzene rings is 2. The molecule has 7 heteroatoms. The summed E-state index contributed by atoms with van der Waals surface area (Å²) in [5, 5.41) is 4.21. The van der Waals surface area contributed by atoms with Crippen LogP contribution in [0.2, 0.25) is 10.0 Å². The smallest absolute Gasteiger partial charge is 0.228 e. The fraction of sp³-hybridized carbons (Fsp3) is 0.364. The number of nitrogens with one attached hydrogen (secondary N) is 1. The first kappa shape index (κ1) is 21.5. The molecule has 0 saturated carbocycles. The van der Waals surface area contributed by atoms with Crippen LogP contribution in [0, 0.1) is 5.92 Å². The summed E-state index contributed by atoms with van der Waals surface area (Å²) in [6.45, 7) is 6.44. The number of nitrogens with zero attached hydrogens (tertiary/aromatic N) is 2. The van der Waals surface area contributed by atoms with Crippen molar-refractivity contribution in [3.63, 3.8) is 0 Å². The van der Waals surface area contributed by atoms with Crippen molar-refractivity contribution in [1.29, 1.82) is 0 Å². The van der Waals surface area contributed by atoms with Crippen LogP contribution in [0.4, 0.5) is 11.4 Å². The maximum atomic E-state index is 12.6. The van der Waals surface area contributed by atoms with Crippen LogP contribution in [0.1, 0.15) is 19.4 Å². The molecule has 1 N–H and O–H groups in total. The van der Waals surface area contributed by atoms with Crippen molar-refractivity contribution >= 4 is 46.4 Å². The Labute approximate surface area is 181 Å². The Kier molecular flexibility index (Phi) is 7.04. The lowest BCUT2D eigenvalue weighted by Gasteiger charge is -2.38. The number of piperazine rings is 1. The monoisotopic (exact) mass is 433 g/mol. The third-order valence-electron chi connectivity index (χ3n) is 4.94. The molecule has 3 rings (SSSR count).